The molecule has 156 valence electrons. The lowest BCUT2D eigenvalue weighted by Gasteiger charge is -2.33. The van der Waals surface area contributed by atoms with Gasteiger partial charge in [-0.3, -0.25) is 9.59 Å². The molecular weight excluding hydrogens is 408 g/mol. The molecule has 2 aliphatic heterocycles. The van der Waals surface area contributed by atoms with Crippen molar-refractivity contribution >= 4 is 29.3 Å². The molecule has 5 rings (SSSR count). The van der Waals surface area contributed by atoms with Crippen LogP contribution in [0.1, 0.15) is 21.5 Å². The number of thioether (sulfide) groups is 1. The number of benzene rings is 3. The molecule has 0 unspecified atom stereocenters. The van der Waals surface area contributed by atoms with Crippen molar-refractivity contribution in [1.82, 2.24) is 4.90 Å². The number of methoxy groups -OCH3 is 1. The number of hydrogen-bond acceptors (Lipinski definition) is 4. The summed E-state index contributed by atoms with van der Waals surface area (Å²) in [5.41, 5.74) is 3.37. The SMILES string of the molecule is COc1ccc(C(=O)N2CCS[C@]23C(=O)N(Cc2ccccc2)c2ccccc23)cc1. The summed E-state index contributed by atoms with van der Waals surface area (Å²) in [4.78, 5) is 30.0. The number of anilines is 1. The van der Waals surface area contributed by atoms with Crippen molar-refractivity contribution in [2.75, 3.05) is 24.3 Å². The van der Waals surface area contributed by atoms with E-state index in [0.29, 0.717) is 30.2 Å². The highest BCUT2D eigenvalue weighted by Gasteiger charge is 2.59. The summed E-state index contributed by atoms with van der Waals surface area (Å²) in [6.07, 6.45) is 0. The summed E-state index contributed by atoms with van der Waals surface area (Å²) >= 11 is 1.55. The fourth-order valence-electron chi connectivity index (χ4n) is 4.38. The van der Waals surface area contributed by atoms with Gasteiger partial charge in [0.05, 0.1) is 19.3 Å². The van der Waals surface area contributed by atoms with Gasteiger partial charge in [-0.1, -0.05) is 48.5 Å². The number of fused-ring (bicyclic) bond motifs is 2. The lowest BCUT2D eigenvalue weighted by Crippen LogP contribution is -2.50. The second-order valence-corrected chi connectivity index (χ2v) is 8.86. The first-order chi connectivity index (χ1) is 15.1. The highest BCUT2D eigenvalue weighted by molar-refractivity contribution is 8.01. The van der Waals surface area contributed by atoms with E-state index >= 15 is 0 Å². The number of para-hydroxylation sites is 1. The van der Waals surface area contributed by atoms with E-state index in [2.05, 4.69) is 0 Å². The van der Waals surface area contributed by atoms with Gasteiger partial charge in [-0.05, 0) is 35.9 Å². The van der Waals surface area contributed by atoms with Gasteiger partial charge in [0.2, 0.25) is 0 Å². The summed E-state index contributed by atoms with van der Waals surface area (Å²) in [5.74, 6) is 1.21. The maximum Gasteiger partial charge on any atom is 0.268 e. The molecule has 0 aliphatic carbocycles. The number of carbonyl (C=O) groups excluding carboxylic acids is 2. The first kappa shape index (κ1) is 19.7. The van der Waals surface area contributed by atoms with E-state index < -0.39 is 4.87 Å². The highest BCUT2D eigenvalue weighted by Crippen LogP contribution is 2.54. The Morgan fingerprint density at radius 3 is 2.45 bits per heavy atom. The van der Waals surface area contributed by atoms with Gasteiger partial charge in [0.15, 0.2) is 4.87 Å². The summed E-state index contributed by atoms with van der Waals surface area (Å²) in [6, 6.07) is 24.8. The van der Waals surface area contributed by atoms with Crippen molar-refractivity contribution in [1.29, 1.82) is 0 Å². The average Bonchev–Trinajstić information content (AvgIpc) is 3.37. The Bertz CT molecular complexity index is 1130. The minimum atomic E-state index is -1.03. The number of nitrogens with zero attached hydrogens (tertiary/aromatic N) is 2. The first-order valence-electron chi connectivity index (χ1n) is 10.2. The van der Waals surface area contributed by atoms with Crippen molar-refractivity contribution in [2.45, 2.75) is 11.4 Å². The van der Waals surface area contributed by atoms with Crippen molar-refractivity contribution < 1.29 is 14.3 Å². The van der Waals surface area contributed by atoms with Crippen molar-refractivity contribution in [2.24, 2.45) is 0 Å². The molecule has 1 saturated heterocycles. The van der Waals surface area contributed by atoms with E-state index in [1.165, 1.54) is 0 Å². The van der Waals surface area contributed by atoms with Crippen LogP contribution in [0.3, 0.4) is 0 Å². The van der Waals surface area contributed by atoms with Gasteiger partial charge in [0, 0.05) is 23.4 Å². The molecule has 1 spiro atoms. The zero-order chi connectivity index (χ0) is 21.4. The third-order valence-corrected chi connectivity index (χ3v) is 7.29. The number of rotatable bonds is 4. The Kier molecular flexibility index (Phi) is 4.94. The maximum absolute atomic E-state index is 13.9. The first-order valence-corrected chi connectivity index (χ1v) is 11.2. The van der Waals surface area contributed by atoms with Gasteiger partial charge in [-0.2, -0.15) is 0 Å². The molecule has 0 aromatic heterocycles. The summed E-state index contributed by atoms with van der Waals surface area (Å²) in [6.45, 7) is 0.998. The normalized spacial score (nSPS) is 19.7. The van der Waals surface area contributed by atoms with Gasteiger partial charge in [-0.15, -0.1) is 11.8 Å². The Morgan fingerprint density at radius 1 is 1.00 bits per heavy atom. The van der Waals surface area contributed by atoms with Crippen LogP contribution in [0.15, 0.2) is 78.9 Å². The second-order valence-electron chi connectivity index (χ2n) is 7.57. The van der Waals surface area contributed by atoms with Gasteiger partial charge < -0.3 is 14.5 Å². The highest BCUT2D eigenvalue weighted by atomic mass is 32.2. The van der Waals surface area contributed by atoms with E-state index in [1.54, 1.807) is 48.0 Å². The van der Waals surface area contributed by atoms with E-state index in [9.17, 15) is 9.59 Å². The maximum atomic E-state index is 13.9. The van der Waals surface area contributed by atoms with Crippen LogP contribution in [0.4, 0.5) is 5.69 Å². The van der Waals surface area contributed by atoms with Crippen molar-refractivity contribution in [3.8, 4) is 5.75 Å². The molecule has 31 heavy (non-hydrogen) atoms. The fourth-order valence-corrected chi connectivity index (χ4v) is 5.84. The molecular formula is C25H22N2O3S. The minimum Gasteiger partial charge on any atom is -0.497 e. The predicted octanol–water partition coefficient (Wildman–Crippen LogP) is 4.28. The molecule has 2 aliphatic rings. The fraction of sp³-hybridized carbons (Fsp3) is 0.200. The number of amides is 2. The number of carbonyl (C=O) groups is 2. The molecule has 6 heteroatoms. The molecule has 2 heterocycles. The van der Waals surface area contributed by atoms with Crippen molar-refractivity contribution in [3.05, 3.63) is 95.6 Å². The second kappa shape index (κ2) is 7.78. The molecule has 2 amide bonds. The molecule has 0 saturated carbocycles. The van der Waals surface area contributed by atoms with Gasteiger partial charge >= 0.3 is 0 Å². The van der Waals surface area contributed by atoms with Gasteiger partial charge in [-0.25, -0.2) is 0 Å². The third-order valence-electron chi connectivity index (χ3n) is 5.87. The third kappa shape index (κ3) is 3.10. The summed E-state index contributed by atoms with van der Waals surface area (Å²) in [5, 5.41) is 0. The largest absolute Gasteiger partial charge is 0.497 e. The minimum absolute atomic E-state index is 0.0538. The van der Waals surface area contributed by atoms with E-state index in [4.69, 9.17) is 4.74 Å². The quantitative estimate of drug-likeness (QED) is 0.620. The monoisotopic (exact) mass is 430 g/mol. The Morgan fingerprint density at radius 2 is 1.71 bits per heavy atom. The Labute approximate surface area is 185 Å². The molecule has 0 bridgehead atoms. The lowest BCUT2D eigenvalue weighted by molar-refractivity contribution is -0.123. The number of ether oxygens (including phenoxy) is 1. The lowest BCUT2D eigenvalue weighted by atomic mass is 10.0. The molecule has 3 aromatic carbocycles. The molecule has 3 aromatic rings. The van der Waals surface area contributed by atoms with Gasteiger partial charge in [0.25, 0.3) is 11.8 Å². The molecule has 1 atom stereocenters. The summed E-state index contributed by atoms with van der Waals surface area (Å²) < 4.78 is 5.21. The standard InChI is InChI=1S/C25H22N2O3S/c1-30-20-13-11-19(12-14-20)23(28)27-15-16-31-25(27)21-9-5-6-10-22(21)26(24(25)29)17-18-7-3-2-4-8-18/h2-14H,15-17H2,1H3/t25-/m1/s1. The van der Waals surface area contributed by atoms with Gasteiger partial charge in [0.1, 0.15) is 5.75 Å². The van der Waals surface area contributed by atoms with Crippen LogP contribution in [-0.2, 0) is 16.2 Å². The molecule has 5 nitrogen and oxygen atoms in total. The zero-order valence-corrected chi connectivity index (χ0v) is 18.0. The van der Waals surface area contributed by atoms with Crippen molar-refractivity contribution in [3.63, 3.8) is 0 Å². The van der Waals surface area contributed by atoms with Crippen LogP contribution in [0.25, 0.3) is 0 Å². The topological polar surface area (TPSA) is 49.9 Å². The molecule has 0 N–H and O–H groups in total. The van der Waals surface area contributed by atoms with Crippen LogP contribution in [0.2, 0.25) is 0 Å². The Hall–Kier alpha value is -3.25. The zero-order valence-electron chi connectivity index (χ0n) is 17.2. The molecule has 1 fully saturated rings. The smallest absolute Gasteiger partial charge is 0.268 e. The van der Waals surface area contributed by atoms with E-state index in [0.717, 1.165) is 16.8 Å². The van der Waals surface area contributed by atoms with Crippen LogP contribution in [-0.4, -0.2) is 36.1 Å². The van der Waals surface area contributed by atoms with E-state index in [1.807, 2.05) is 59.5 Å². The molecule has 0 radical (unpaired) electrons. The van der Waals surface area contributed by atoms with Crippen LogP contribution in [0.5, 0.6) is 5.75 Å². The predicted molar refractivity (Wildman–Crippen MR) is 122 cm³/mol. The Balaban J connectivity index is 1.55. The van der Waals surface area contributed by atoms with Crippen LogP contribution < -0.4 is 9.64 Å². The summed E-state index contributed by atoms with van der Waals surface area (Å²) in [7, 11) is 1.60. The number of hydrogen-bond donors (Lipinski definition) is 0. The average molecular weight is 431 g/mol. The van der Waals surface area contributed by atoms with E-state index in [-0.39, 0.29) is 11.8 Å². The van der Waals surface area contributed by atoms with Crippen LogP contribution in [0, 0.1) is 0 Å². The van der Waals surface area contributed by atoms with Crippen LogP contribution >= 0.6 is 11.8 Å².